The van der Waals surface area contributed by atoms with Crippen molar-refractivity contribution in [1.82, 2.24) is 24.5 Å². The van der Waals surface area contributed by atoms with Crippen molar-refractivity contribution < 1.29 is 19.1 Å². The Morgan fingerprint density at radius 1 is 0.891 bits per heavy atom. The van der Waals surface area contributed by atoms with Gasteiger partial charge in [-0.25, -0.2) is 9.59 Å². The minimum atomic E-state index is -0.931. The third-order valence-electron chi connectivity index (χ3n) is 10.3. The number of benzene rings is 2. The monoisotopic (exact) mass is 650 g/mol. The number of anilines is 1. The van der Waals surface area contributed by atoms with Crippen molar-refractivity contribution in [2.24, 2.45) is 0 Å². The number of fused-ring (bicyclic) bond motifs is 1. The predicted molar refractivity (Wildman–Crippen MR) is 179 cm³/mol. The molecule has 2 aromatic rings. The average molecular weight is 651 g/mol. The number of carbonyl (C=O) groups excluding carboxylic acids is 3. The largest absolute Gasteiger partial charge is 0.436 e. The van der Waals surface area contributed by atoms with Crippen LogP contribution in [-0.2, 0) is 22.4 Å². The first-order valence-electron chi connectivity index (χ1n) is 16.8. The molecule has 0 spiro atoms. The van der Waals surface area contributed by atoms with Crippen LogP contribution in [0.3, 0.4) is 0 Å². The molecule has 4 aliphatic rings. The van der Waals surface area contributed by atoms with Crippen molar-refractivity contribution in [1.29, 1.82) is 0 Å². The van der Waals surface area contributed by atoms with E-state index < -0.39 is 12.2 Å². The molecule has 10 nitrogen and oxygen atoms in total. The summed E-state index contributed by atoms with van der Waals surface area (Å²) < 4.78 is 6.04. The van der Waals surface area contributed by atoms with Gasteiger partial charge in [0.25, 0.3) is 5.91 Å². The van der Waals surface area contributed by atoms with E-state index in [-0.39, 0.29) is 24.4 Å². The first-order chi connectivity index (χ1) is 22.2. The number of ether oxygens (including phenoxy) is 1. The molecule has 1 unspecified atom stereocenters. The zero-order valence-corrected chi connectivity index (χ0v) is 27.9. The van der Waals surface area contributed by atoms with Crippen molar-refractivity contribution in [3.8, 4) is 0 Å². The van der Waals surface area contributed by atoms with Gasteiger partial charge in [-0.15, -0.1) is 0 Å². The zero-order valence-electron chi connectivity index (χ0n) is 27.1. The number of aryl methyl sites for hydroxylation is 1. The summed E-state index contributed by atoms with van der Waals surface area (Å²) in [4.78, 5) is 50.9. The lowest BCUT2D eigenvalue weighted by Gasteiger charge is -2.42. The number of hydrogen-bond donors (Lipinski definition) is 1. The Hall–Kier alpha value is -3.34. The number of likely N-dealkylation sites (tertiary alicyclic amines) is 2. The topological polar surface area (TPSA) is 88.7 Å². The molecule has 0 radical (unpaired) electrons. The number of rotatable bonds is 6. The molecule has 3 saturated heterocycles. The van der Waals surface area contributed by atoms with Crippen LogP contribution in [0.15, 0.2) is 42.5 Å². The number of para-hydroxylation sites is 1. The van der Waals surface area contributed by atoms with Gasteiger partial charge in [0.15, 0.2) is 6.10 Å². The molecule has 2 aromatic carbocycles. The summed E-state index contributed by atoms with van der Waals surface area (Å²) in [6, 6.07) is 14.1. The summed E-state index contributed by atoms with van der Waals surface area (Å²) in [5.41, 5.74) is 3.82. The standard InChI is InChI=1S/C35H47ClN6O4/c1-25-7-8-26(23-30(25)36)24-32(33(43)40-14-10-28(11-15-40)39-21-19-38(2)20-22-39)46-35(45)41-16-12-29(13-17-41)42-18-9-27-5-3-4-6-31(27)37-34(42)44/h3-8,23,28-29,32H,9-22,24H2,1-2H3,(H,37,44). The van der Waals surface area contributed by atoms with Crippen LogP contribution < -0.4 is 5.32 Å². The van der Waals surface area contributed by atoms with E-state index in [0.29, 0.717) is 56.6 Å². The maximum atomic E-state index is 13.9. The molecule has 4 amide bonds. The molecule has 0 saturated carbocycles. The highest BCUT2D eigenvalue weighted by molar-refractivity contribution is 6.31. The van der Waals surface area contributed by atoms with Gasteiger partial charge in [-0.1, -0.05) is 41.9 Å². The Morgan fingerprint density at radius 2 is 1.57 bits per heavy atom. The summed E-state index contributed by atoms with van der Waals surface area (Å²) in [5.74, 6) is -0.141. The fourth-order valence-corrected chi connectivity index (χ4v) is 7.50. The number of hydrogen-bond acceptors (Lipinski definition) is 6. The number of urea groups is 1. The highest BCUT2D eigenvalue weighted by Gasteiger charge is 2.36. The highest BCUT2D eigenvalue weighted by atomic mass is 35.5. The number of amides is 4. The van der Waals surface area contributed by atoms with Crippen molar-refractivity contribution in [2.75, 3.05) is 71.3 Å². The third-order valence-corrected chi connectivity index (χ3v) is 10.7. The maximum absolute atomic E-state index is 13.9. The molecule has 11 heteroatoms. The van der Waals surface area contributed by atoms with E-state index in [2.05, 4.69) is 28.2 Å². The van der Waals surface area contributed by atoms with Gasteiger partial charge in [0, 0.05) is 88.1 Å². The van der Waals surface area contributed by atoms with E-state index in [0.717, 1.165) is 67.8 Å². The van der Waals surface area contributed by atoms with Crippen molar-refractivity contribution >= 4 is 35.3 Å². The van der Waals surface area contributed by atoms with Crippen LogP contribution in [-0.4, -0.2) is 127 Å². The van der Waals surface area contributed by atoms with Gasteiger partial charge in [-0.3, -0.25) is 9.69 Å². The van der Waals surface area contributed by atoms with E-state index in [4.69, 9.17) is 16.3 Å². The Balaban J connectivity index is 1.07. The molecular weight excluding hydrogens is 604 g/mol. The number of carbonyl (C=O) groups is 3. The second kappa shape index (κ2) is 14.6. The molecular formula is C35H47ClN6O4. The zero-order chi connectivity index (χ0) is 32.2. The quantitative estimate of drug-likeness (QED) is 0.496. The van der Waals surface area contributed by atoms with Crippen LogP contribution in [0.2, 0.25) is 5.02 Å². The Bertz CT molecular complexity index is 1400. The molecule has 1 atom stereocenters. The van der Waals surface area contributed by atoms with Gasteiger partial charge in [-0.2, -0.15) is 0 Å². The molecule has 6 rings (SSSR count). The number of nitrogens with zero attached hydrogens (tertiary/aromatic N) is 5. The Labute approximate surface area is 277 Å². The van der Waals surface area contributed by atoms with E-state index in [1.165, 1.54) is 0 Å². The minimum Gasteiger partial charge on any atom is -0.436 e. The summed E-state index contributed by atoms with van der Waals surface area (Å²) in [7, 11) is 2.16. The van der Waals surface area contributed by atoms with Crippen LogP contribution >= 0.6 is 11.6 Å². The molecule has 4 heterocycles. The number of halogens is 1. The molecule has 0 bridgehead atoms. The molecule has 0 aliphatic carbocycles. The summed E-state index contributed by atoms with van der Waals surface area (Å²) >= 11 is 6.43. The van der Waals surface area contributed by atoms with Gasteiger partial charge >= 0.3 is 12.1 Å². The van der Waals surface area contributed by atoms with Crippen molar-refractivity contribution in [3.05, 3.63) is 64.2 Å². The van der Waals surface area contributed by atoms with Gasteiger partial charge in [-0.05, 0) is 74.9 Å². The number of piperazine rings is 1. The predicted octanol–water partition coefficient (Wildman–Crippen LogP) is 4.49. The lowest BCUT2D eigenvalue weighted by molar-refractivity contribution is -0.142. The Morgan fingerprint density at radius 3 is 2.28 bits per heavy atom. The first-order valence-corrected chi connectivity index (χ1v) is 17.2. The minimum absolute atomic E-state index is 0.0343. The number of nitrogens with one attached hydrogen (secondary N) is 1. The maximum Gasteiger partial charge on any atom is 0.410 e. The van der Waals surface area contributed by atoms with Crippen molar-refractivity contribution in [3.63, 3.8) is 0 Å². The first kappa shape index (κ1) is 32.6. The summed E-state index contributed by atoms with van der Waals surface area (Å²) in [5, 5.41) is 3.68. The van der Waals surface area contributed by atoms with Crippen LogP contribution in [0.1, 0.15) is 42.4 Å². The molecule has 46 heavy (non-hydrogen) atoms. The van der Waals surface area contributed by atoms with E-state index >= 15 is 0 Å². The third kappa shape index (κ3) is 7.61. The van der Waals surface area contributed by atoms with E-state index in [1.54, 1.807) is 4.90 Å². The van der Waals surface area contributed by atoms with Gasteiger partial charge in [0.1, 0.15) is 0 Å². The smallest absolute Gasteiger partial charge is 0.410 e. The molecule has 1 N–H and O–H groups in total. The van der Waals surface area contributed by atoms with E-state index in [9.17, 15) is 14.4 Å². The average Bonchev–Trinajstić information content (AvgIpc) is 3.24. The van der Waals surface area contributed by atoms with Crippen LogP contribution in [0.5, 0.6) is 0 Å². The lowest BCUT2D eigenvalue weighted by atomic mass is 10.00. The van der Waals surface area contributed by atoms with E-state index in [1.807, 2.05) is 53.1 Å². The lowest BCUT2D eigenvalue weighted by Crippen LogP contribution is -2.54. The molecule has 248 valence electrons. The van der Waals surface area contributed by atoms with Crippen LogP contribution in [0.4, 0.5) is 15.3 Å². The summed E-state index contributed by atoms with van der Waals surface area (Å²) in [6.07, 6.45) is 2.82. The van der Waals surface area contributed by atoms with Crippen LogP contribution in [0.25, 0.3) is 0 Å². The van der Waals surface area contributed by atoms with Gasteiger partial charge in [0.2, 0.25) is 0 Å². The van der Waals surface area contributed by atoms with Gasteiger partial charge in [0.05, 0.1) is 0 Å². The van der Waals surface area contributed by atoms with Crippen molar-refractivity contribution in [2.45, 2.75) is 63.6 Å². The molecule has 3 fully saturated rings. The highest BCUT2D eigenvalue weighted by Crippen LogP contribution is 2.26. The molecule has 0 aromatic heterocycles. The number of likely N-dealkylation sites (N-methyl/N-ethyl adjacent to an activating group) is 1. The fourth-order valence-electron chi connectivity index (χ4n) is 7.29. The van der Waals surface area contributed by atoms with Gasteiger partial charge < -0.3 is 29.7 Å². The Kier molecular flexibility index (Phi) is 10.4. The fraction of sp³-hybridized carbons (Fsp3) is 0.571. The SMILES string of the molecule is Cc1ccc(CC(OC(=O)N2CCC(N3CCc4ccccc4NC3=O)CC2)C(=O)N2CCC(N3CCN(C)CC3)CC2)cc1Cl. The second-order valence-corrected chi connectivity index (χ2v) is 13.7. The number of piperidine rings is 2. The molecule has 4 aliphatic heterocycles. The summed E-state index contributed by atoms with van der Waals surface area (Å²) in [6.45, 7) is 9.11. The van der Waals surface area contributed by atoms with Crippen LogP contribution in [0, 0.1) is 6.92 Å². The second-order valence-electron chi connectivity index (χ2n) is 13.3. The normalized spacial score (nSPS) is 21.4.